The summed E-state index contributed by atoms with van der Waals surface area (Å²) in [6, 6.07) is 13.5. The third-order valence-corrected chi connectivity index (χ3v) is 5.38. The molecule has 0 saturated carbocycles. The second-order valence-corrected chi connectivity index (χ2v) is 9.42. The Morgan fingerprint density at radius 2 is 1.68 bits per heavy atom. The molecule has 0 unspecified atom stereocenters. The van der Waals surface area contributed by atoms with Gasteiger partial charge in [0.15, 0.2) is 0 Å². The van der Waals surface area contributed by atoms with Crippen LogP contribution in [0.1, 0.15) is 39.3 Å². The molecule has 1 heterocycles. The number of nitrogens with one attached hydrogen (secondary N) is 3. The number of fused-ring (bicyclic) bond motifs is 1. The molecule has 0 spiro atoms. The Labute approximate surface area is 180 Å². The van der Waals surface area contributed by atoms with E-state index < -0.39 is 28.0 Å². The molecule has 2 aromatic carbocycles. The molecule has 0 fully saturated rings. The fourth-order valence-electron chi connectivity index (χ4n) is 3.00. The maximum Gasteiger partial charge on any atom is 0.424 e. The zero-order valence-electron chi connectivity index (χ0n) is 17.6. The highest BCUT2D eigenvalue weighted by Crippen LogP contribution is 2.25. The van der Waals surface area contributed by atoms with Gasteiger partial charge in [0.25, 0.3) is 5.56 Å². The van der Waals surface area contributed by atoms with Gasteiger partial charge in [-0.05, 0) is 39.3 Å². The van der Waals surface area contributed by atoms with Crippen molar-refractivity contribution in [3.8, 4) is 11.3 Å². The summed E-state index contributed by atoms with van der Waals surface area (Å²) in [6.45, 7) is 6.75. The van der Waals surface area contributed by atoms with E-state index in [2.05, 4.69) is 24.4 Å². The molecule has 31 heavy (non-hydrogen) atoms. The third kappa shape index (κ3) is 5.68. The molecule has 0 radical (unpaired) electrons. The molecule has 1 amide bonds. The van der Waals surface area contributed by atoms with Gasteiger partial charge in [0.05, 0.1) is 11.1 Å². The highest BCUT2D eigenvalue weighted by molar-refractivity contribution is 7.85. The Morgan fingerprint density at radius 3 is 2.29 bits per heavy atom. The Bertz CT molecular complexity index is 1260. The Balaban J connectivity index is 1.77. The highest BCUT2D eigenvalue weighted by atomic mass is 32.2. The predicted molar refractivity (Wildman–Crippen MR) is 118 cm³/mol. The third-order valence-electron chi connectivity index (χ3n) is 4.36. The maximum absolute atomic E-state index is 12.1. The molecule has 0 saturated heterocycles. The Morgan fingerprint density at radius 1 is 1.06 bits per heavy atom. The molecule has 3 N–H and O–H groups in total. The second-order valence-electron chi connectivity index (χ2n) is 8.11. The van der Waals surface area contributed by atoms with Gasteiger partial charge in [0.1, 0.15) is 0 Å². The van der Waals surface area contributed by atoms with Crippen molar-refractivity contribution in [2.45, 2.75) is 39.3 Å². The summed E-state index contributed by atoms with van der Waals surface area (Å²) < 4.78 is 31.1. The quantitative estimate of drug-likeness (QED) is 0.555. The van der Waals surface area contributed by atoms with Crippen molar-refractivity contribution in [2.75, 3.05) is 0 Å². The molecule has 0 bridgehead atoms. The van der Waals surface area contributed by atoms with E-state index in [9.17, 15) is 18.0 Å². The summed E-state index contributed by atoms with van der Waals surface area (Å²) in [5, 5.41) is 10.3. The molecule has 3 rings (SSSR count). The van der Waals surface area contributed by atoms with E-state index >= 15 is 0 Å². The van der Waals surface area contributed by atoms with Crippen LogP contribution in [0.15, 0.2) is 53.3 Å². The van der Waals surface area contributed by atoms with Crippen LogP contribution in [-0.4, -0.2) is 30.2 Å². The van der Waals surface area contributed by atoms with Crippen LogP contribution in [0.3, 0.4) is 0 Å². The Kier molecular flexibility index (Phi) is 6.14. The topological polar surface area (TPSA) is 130 Å². The summed E-state index contributed by atoms with van der Waals surface area (Å²) in [4.78, 5) is 23.7. The van der Waals surface area contributed by atoms with E-state index in [0.717, 1.165) is 5.56 Å². The number of H-pyrrole nitrogens is 1. The number of nitrogens with zero attached hydrogens (tertiary/aromatic N) is 1. The van der Waals surface area contributed by atoms with Crippen LogP contribution in [0.4, 0.5) is 4.79 Å². The van der Waals surface area contributed by atoms with Gasteiger partial charge < -0.3 is 9.50 Å². The largest absolute Gasteiger partial charge is 0.424 e. The smallest absolute Gasteiger partial charge is 0.316 e. The van der Waals surface area contributed by atoms with Gasteiger partial charge >= 0.3 is 16.4 Å². The minimum atomic E-state index is -4.31. The normalized spacial score (nSPS) is 13.0. The fraction of sp³-hybridized carbons (Fsp3) is 0.286. The van der Waals surface area contributed by atoms with Crippen molar-refractivity contribution in [1.82, 2.24) is 20.2 Å². The van der Waals surface area contributed by atoms with Crippen molar-refractivity contribution >= 4 is 27.2 Å². The molecule has 10 heteroatoms. The van der Waals surface area contributed by atoms with Crippen molar-refractivity contribution in [3.63, 3.8) is 0 Å². The van der Waals surface area contributed by atoms with Gasteiger partial charge in [-0.25, -0.2) is 9.89 Å². The van der Waals surface area contributed by atoms with Crippen LogP contribution in [0.25, 0.3) is 22.0 Å². The molecule has 0 aliphatic carbocycles. The molecule has 1 atom stereocenters. The monoisotopic (exact) mass is 444 g/mol. The van der Waals surface area contributed by atoms with E-state index in [-0.39, 0.29) is 5.56 Å². The van der Waals surface area contributed by atoms with E-state index in [1.807, 2.05) is 12.1 Å². The number of carbonyl (C=O) groups excluding carboxylic acids is 1. The molecule has 0 aliphatic rings. The van der Waals surface area contributed by atoms with Gasteiger partial charge in [-0.15, -0.1) is 0 Å². The van der Waals surface area contributed by atoms with Crippen LogP contribution in [0.2, 0.25) is 0 Å². The van der Waals surface area contributed by atoms with Crippen LogP contribution < -0.4 is 15.6 Å². The number of amides is 1. The summed E-state index contributed by atoms with van der Waals surface area (Å²) >= 11 is 0. The maximum atomic E-state index is 12.1. The second kappa shape index (κ2) is 8.48. The van der Waals surface area contributed by atoms with Gasteiger partial charge in [0.2, 0.25) is 0 Å². The first kappa shape index (κ1) is 22.4. The first-order valence-corrected chi connectivity index (χ1v) is 11.0. The lowest BCUT2D eigenvalue weighted by Gasteiger charge is -2.20. The Hall–Kier alpha value is -3.24. The molecular formula is C21H24N4O5S. The lowest BCUT2D eigenvalue weighted by molar-refractivity contribution is 0.191. The summed E-state index contributed by atoms with van der Waals surface area (Å²) in [6.07, 6.45) is -1.06. The minimum Gasteiger partial charge on any atom is -0.316 e. The molecular weight excluding hydrogens is 420 g/mol. The summed E-state index contributed by atoms with van der Waals surface area (Å²) in [5.41, 5.74) is 1.12. The number of hydrogen-bond donors (Lipinski definition) is 3. The van der Waals surface area contributed by atoms with E-state index in [1.165, 1.54) is 0 Å². The lowest BCUT2D eigenvalue weighted by atomic mass is 10.0. The van der Waals surface area contributed by atoms with Gasteiger partial charge in [-0.3, -0.25) is 4.79 Å². The molecule has 164 valence electrons. The van der Waals surface area contributed by atoms with Crippen molar-refractivity contribution in [2.24, 2.45) is 0 Å². The van der Waals surface area contributed by atoms with Crippen LogP contribution in [0.5, 0.6) is 0 Å². The summed E-state index contributed by atoms with van der Waals surface area (Å²) in [5.74, 6) is 0. The predicted octanol–water partition coefficient (Wildman–Crippen LogP) is 3.01. The SMILES string of the molecule is C[C@@H](NS(=O)(=O)OC(=O)NC(C)(C)C)c1ccc(-c2n[nH]c(=O)c3ccccc23)cc1. The van der Waals surface area contributed by atoms with E-state index in [1.54, 1.807) is 64.1 Å². The van der Waals surface area contributed by atoms with Gasteiger partial charge in [-0.1, -0.05) is 42.5 Å². The lowest BCUT2D eigenvalue weighted by Crippen LogP contribution is -2.43. The number of carbonyl (C=O) groups is 1. The van der Waals surface area contributed by atoms with Crippen molar-refractivity contribution < 1.29 is 17.4 Å². The summed E-state index contributed by atoms with van der Waals surface area (Å²) in [7, 11) is -4.31. The average Bonchev–Trinajstić information content (AvgIpc) is 2.66. The fourth-order valence-corrected chi connectivity index (χ4v) is 3.86. The number of aromatic nitrogens is 2. The zero-order valence-corrected chi connectivity index (χ0v) is 18.4. The first-order chi connectivity index (χ1) is 14.5. The zero-order chi connectivity index (χ0) is 22.8. The van der Waals surface area contributed by atoms with Crippen LogP contribution in [0, 0.1) is 0 Å². The number of aromatic amines is 1. The van der Waals surface area contributed by atoms with Gasteiger partial charge in [0, 0.05) is 22.5 Å². The number of rotatable bonds is 5. The minimum absolute atomic E-state index is 0.269. The van der Waals surface area contributed by atoms with Crippen molar-refractivity contribution in [1.29, 1.82) is 0 Å². The van der Waals surface area contributed by atoms with E-state index in [4.69, 9.17) is 0 Å². The van der Waals surface area contributed by atoms with Crippen LogP contribution in [-0.2, 0) is 14.5 Å². The number of hydrogen-bond acceptors (Lipinski definition) is 6. The van der Waals surface area contributed by atoms with Crippen LogP contribution >= 0.6 is 0 Å². The van der Waals surface area contributed by atoms with Crippen molar-refractivity contribution in [3.05, 3.63) is 64.4 Å². The van der Waals surface area contributed by atoms with E-state index in [0.29, 0.717) is 22.0 Å². The van der Waals surface area contributed by atoms with Gasteiger partial charge in [-0.2, -0.15) is 18.2 Å². The average molecular weight is 445 g/mol. The molecule has 9 nitrogen and oxygen atoms in total. The number of benzene rings is 2. The molecule has 1 aromatic heterocycles. The highest BCUT2D eigenvalue weighted by Gasteiger charge is 2.23. The molecule has 0 aliphatic heterocycles. The first-order valence-electron chi connectivity index (χ1n) is 9.57. The molecule has 3 aromatic rings. The standard InChI is InChI=1S/C21H24N4O5S/c1-13(25-31(28,29)30-20(27)22-21(2,3)4)14-9-11-15(12-10-14)18-16-7-5-6-8-17(16)19(26)24-23-18/h5-13,25H,1-4H3,(H,22,27)(H,24,26)/t13-/m1/s1.